The topological polar surface area (TPSA) is 15.3 Å². The zero-order valence-electron chi connectivity index (χ0n) is 12.5. The van der Waals surface area contributed by atoms with E-state index in [0.29, 0.717) is 0 Å². The molecule has 0 radical (unpaired) electrons. The van der Waals surface area contributed by atoms with Crippen molar-refractivity contribution in [2.45, 2.75) is 26.8 Å². The molecule has 1 aliphatic rings. The first-order valence-corrected chi connectivity index (χ1v) is 7.27. The Morgan fingerprint density at radius 3 is 2.75 bits per heavy atom. The summed E-state index contributed by atoms with van der Waals surface area (Å²) in [5, 5.41) is 3.45. The molecule has 20 heavy (non-hydrogen) atoms. The van der Waals surface area contributed by atoms with Crippen LogP contribution in [0.2, 0.25) is 0 Å². The van der Waals surface area contributed by atoms with Crippen LogP contribution in [0.1, 0.15) is 22.3 Å². The second-order valence-corrected chi connectivity index (χ2v) is 5.81. The second kappa shape index (κ2) is 5.20. The number of nitrogens with one attached hydrogen (secondary N) is 1. The number of hydrogen-bond acceptors (Lipinski definition) is 2. The van der Waals surface area contributed by atoms with E-state index in [9.17, 15) is 0 Å². The molecule has 104 valence electrons. The normalized spacial score (nSPS) is 12.9. The zero-order chi connectivity index (χ0) is 14.1. The van der Waals surface area contributed by atoms with Gasteiger partial charge in [-0.2, -0.15) is 0 Å². The van der Waals surface area contributed by atoms with Gasteiger partial charge in [-0.1, -0.05) is 29.8 Å². The Kier molecular flexibility index (Phi) is 3.39. The maximum absolute atomic E-state index is 3.45. The van der Waals surface area contributed by atoms with Crippen LogP contribution in [-0.2, 0) is 13.0 Å². The molecule has 0 atom stereocenters. The molecular weight excluding hydrogens is 244 g/mol. The molecule has 3 rings (SSSR count). The number of anilines is 2. The number of nitrogens with zero attached hydrogens (tertiary/aromatic N) is 1. The van der Waals surface area contributed by atoms with E-state index in [-0.39, 0.29) is 0 Å². The highest BCUT2D eigenvalue weighted by atomic mass is 15.1. The summed E-state index contributed by atoms with van der Waals surface area (Å²) in [4.78, 5) is 2.32. The van der Waals surface area contributed by atoms with E-state index in [4.69, 9.17) is 0 Å². The molecule has 1 N–H and O–H groups in total. The van der Waals surface area contributed by atoms with Crippen molar-refractivity contribution in [2.24, 2.45) is 0 Å². The van der Waals surface area contributed by atoms with Gasteiger partial charge in [0.2, 0.25) is 0 Å². The van der Waals surface area contributed by atoms with Gasteiger partial charge in [0.25, 0.3) is 0 Å². The molecule has 0 spiro atoms. The molecular formula is C18H22N2. The summed E-state index contributed by atoms with van der Waals surface area (Å²) < 4.78 is 0. The second-order valence-electron chi connectivity index (χ2n) is 5.81. The molecule has 0 saturated heterocycles. The third kappa shape index (κ3) is 2.51. The van der Waals surface area contributed by atoms with Gasteiger partial charge in [-0.15, -0.1) is 0 Å². The van der Waals surface area contributed by atoms with Gasteiger partial charge in [-0.25, -0.2) is 0 Å². The molecule has 0 bridgehead atoms. The number of benzene rings is 2. The minimum absolute atomic E-state index is 0.943. The van der Waals surface area contributed by atoms with E-state index in [0.717, 1.165) is 19.5 Å². The monoisotopic (exact) mass is 266 g/mol. The molecule has 0 aliphatic carbocycles. The standard InChI is InChI=1S/C18H22N2/c1-13-4-7-18(14(2)10-13)20(3)12-15-5-6-16-8-9-19-17(16)11-15/h4-7,10-11,19H,8-9,12H2,1-3H3. The molecule has 2 aromatic rings. The average Bonchev–Trinajstić information content (AvgIpc) is 2.85. The van der Waals surface area contributed by atoms with Crippen LogP contribution in [0.3, 0.4) is 0 Å². The van der Waals surface area contributed by atoms with Crippen LogP contribution < -0.4 is 10.2 Å². The van der Waals surface area contributed by atoms with Crippen LogP contribution in [-0.4, -0.2) is 13.6 Å². The molecule has 2 heteroatoms. The Morgan fingerprint density at radius 1 is 1.10 bits per heavy atom. The molecule has 0 saturated carbocycles. The van der Waals surface area contributed by atoms with Crippen LogP contribution in [0.15, 0.2) is 36.4 Å². The lowest BCUT2D eigenvalue weighted by Crippen LogP contribution is -2.17. The Hall–Kier alpha value is -1.96. The maximum atomic E-state index is 3.45. The van der Waals surface area contributed by atoms with E-state index in [2.05, 4.69) is 67.5 Å². The smallest absolute Gasteiger partial charge is 0.0427 e. The first-order chi connectivity index (χ1) is 9.63. The minimum atomic E-state index is 0.943. The van der Waals surface area contributed by atoms with Gasteiger partial charge in [0.05, 0.1) is 0 Å². The Labute approximate surface area is 121 Å². The van der Waals surface area contributed by atoms with Crippen LogP contribution >= 0.6 is 0 Å². The summed E-state index contributed by atoms with van der Waals surface area (Å²) in [6.45, 7) is 6.34. The van der Waals surface area contributed by atoms with Gasteiger partial charge in [-0.3, -0.25) is 0 Å². The van der Waals surface area contributed by atoms with Gasteiger partial charge in [0.15, 0.2) is 0 Å². The molecule has 2 aromatic carbocycles. The average molecular weight is 266 g/mol. The quantitative estimate of drug-likeness (QED) is 0.906. The van der Waals surface area contributed by atoms with Gasteiger partial charge < -0.3 is 10.2 Å². The van der Waals surface area contributed by atoms with Crippen LogP contribution in [0.25, 0.3) is 0 Å². The van der Waals surface area contributed by atoms with Gasteiger partial charge in [0, 0.05) is 31.5 Å². The molecule has 0 fully saturated rings. The minimum Gasteiger partial charge on any atom is -0.384 e. The van der Waals surface area contributed by atoms with Crippen molar-refractivity contribution >= 4 is 11.4 Å². The van der Waals surface area contributed by atoms with Gasteiger partial charge >= 0.3 is 0 Å². The molecule has 1 heterocycles. The molecule has 0 unspecified atom stereocenters. The predicted octanol–water partition coefficient (Wildman–Crippen LogP) is 3.91. The third-order valence-electron chi connectivity index (χ3n) is 4.07. The number of hydrogen-bond donors (Lipinski definition) is 1. The molecule has 0 aromatic heterocycles. The summed E-state index contributed by atoms with van der Waals surface area (Å²) >= 11 is 0. The van der Waals surface area contributed by atoms with Crippen LogP contribution in [0, 0.1) is 13.8 Å². The summed E-state index contributed by atoms with van der Waals surface area (Å²) in [5.74, 6) is 0. The Morgan fingerprint density at radius 2 is 1.95 bits per heavy atom. The Bertz CT molecular complexity index is 631. The summed E-state index contributed by atoms with van der Waals surface area (Å²) in [6, 6.07) is 13.5. The number of fused-ring (bicyclic) bond motifs is 1. The van der Waals surface area contributed by atoms with Crippen molar-refractivity contribution in [3.8, 4) is 0 Å². The maximum Gasteiger partial charge on any atom is 0.0427 e. The van der Waals surface area contributed by atoms with E-state index >= 15 is 0 Å². The Balaban J connectivity index is 1.80. The lowest BCUT2D eigenvalue weighted by atomic mass is 10.1. The van der Waals surface area contributed by atoms with Crippen molar-refractivity contribution in [2.75, 3.05) is 23.8 Å². The van der Waals surface area contributed by atoms with Crippen molar-refractivity contribution in [1.29, 1.82) is 0 Å². The third-order valence-corrected chi connectivity index (χ3v) is 4.07. The fourth-order valence-electron chi connectivity index (χ4n) is 3.03. The number of aryl methyl sites for hydroxylation is 2. The van der Waals surface area contributed by atoms with Gasteiger partial charge in [-0.05, 0) is 49.1 Å². The van der Waals surface area contributed by atoms with Crippen molar-refractivity contribution in [3.05, 3.63) is 58.7 Å². The SMILES string of the molecule is Cc1ccc(N(C)Cc2ccc3c(c2)NCC3)c(C)c1. The zero-order valence-corrected chi connectivity index (χ0v) is 12.5. The van der Waals surface area contributed by atoms with E-state index in [1.165, 1.54) is 33.6 Å². The summed E-state index contributed by atoms with van der Waals surface area (Å²) in [7, 11) is 2.17. The van der Waals surface area contributed by atoms with E-state index in [1.807, 2.05) is 0 Å². The van der Waals surface area contributed by atoms with Crippen molar-refractivity contribution < 1.29 is 0 Å². The molecule has 2 nitrogen and oxygen atoms in total. The van der Waals surface area contributed by atoms with E-state index < -0.39 is 0 Å². The first-order valence-electron chi connectivity index (χ1n) is 7.27. The highest BCUT2D eigenvalue weighted by molar-refractivity contribution is 5.58. The lowest BCUT2D eigenvalue weighted by molar-refractivity contribution is 0.917. The molecule has 1 aliphatic heterocycles. The first kappa shape index (κ1) is 13.0. The fraction of sp³-hybridized carbons (Fsp3) is 0.333. The highest BCUT2D eigenvalue weighted by Crippen LogP contribution is 2.26. The largest absolute Gasteiger partial charge is 0.384 e. The highest BCUT2D eigenvalue weighted by Gasteiger charge is 2.11. The van der Waals surface area contributed by atoms with Gasteiger partial charge in [0.1, 0.15) is 0 Å². The fourth-order valence-corrected chi connectivity index (χ4v) is 3.03. The van der Waals surface area contributed by atoms with E-state index in [1.54, 1.807) is 0 Å². The van der Waals surface area contributed by atoms with Crippen LogP contribution in [0.5, 0.6) is 0 Å². The van der Waals surface area contributed by atoms with Crippen molar-refractivity contribution in [3.63, 3.8) is 0 Å². The summed E-state index contributed by atoms with van der Waals surface area (Å²) in [5.41, 5.74) is 8.09. The predicted molar refractivity (Wildman–Crippen MR) is 86.7 cm³/mol. The lowest BCUT2D eigenvalue weighted by Gasteiger charge is -2.22. The molecule has 0 amide bonds. The summed E-state index contributed by atoms with van der Waals surface area (Å²) in [6.07, 6.45) is 1.16. The van der Waals surface area contributed by atoms with Crippen LogP contribution in [0.4, 0.5) is 11.4 Å². The van der Waals surface area contributed by atoms with Crippen molar-refractivity contribution in [1.82, 2.24) is 0 Å². The number of rotatable bonds is 3.